The van der Waals surface area contributed by atoms with E-state index in [1.807, 2.05) is 0 Å². The summed E-state index contributed by atoms with van der Waals surface area (Å²) in [5.41, 5.74) is 0.660. The summed E-state index contributed by atoms with van der Waals surface area (Å²) in [5, 5.41) is 17.9. The summed E-state index contributed by atoms with van der Waals surface area (Å²) in [7, 11) is -3.34. The van der Waals surface area contributed by atoms with Crippen molar-refractivity contribution in [2.24, 2.45) is 5.92 Å². The summed E-state index contributed by atoms with van der Waals surface area (Å²) >= 11 is 0. The number of nitrogens with zero attached hydrogens (tertiary/aromatic N) is 1. The lowest BCUT2D eigenvalue weighted by Crippen LogP contribution is -2.22. The minimum absolute atomic E-state index is 0.0108. The number of carbonyl (C=O) groups is 4. The van der Waals surface area contributed by atoms with Gasteiger partial charge in [-0.1, -0.05) is 18.2 Å². The molecule has 1 atom stereocenters. The van der Waals surface area contributed by atoms with Crippen LogP contribution in [0, 0.1) is 5.92 Å². The summed E-state index contributed by atoms with van der Waals surface area (Å²) < 4.78 is 30.6. The Hall–Kier alpha value is -3.44. The first-order valence-electron chi connectivity index (χ1n) is 13.0. The lowest BCUT2D eigenvalue weighted by atomic mass is 9.81. The molecule has 4 rings (SSSR count). The molecule has 2 N–H and O–H groups in total. The number of rotatable bonds is 13. The van der Waals surface area contributed by atoms with E-state index in [0.29, 0.717) is 38.0 Å². The summed E-state index contributed by atoms with van der Waals surface area (Å²) in [6.07, 6.45) is 4.43. The Bertz CT molecular complexity index is 1310. The molecule has 2 aromatic rings. The van der Waals surface area contributed by atoms with Gasteiger partial charge in [-0.25, -0.2) is 8.42 Å². The van der Waals surface area contributed by atoms with E-state index in [0.717, 1.165) is 19.0 Å². The number of aliphatic carboxylic acids is 2. The molecule has 0 radical (unpaired) electrons. The van der Waals surface area contributed by atoms with Crippen LogP contribution in [-0.4, -0.2) is 65.6 Å². The van der Waals surface area contributed by atoms with E-state index in [4.69, 9.17) is 14.9 Å². The fourth-order valence-corrected chi connectivity index (χ4v) is 6.56. The Morgan fingerprint density at radius 3 is 2.03 bits per heavy atom. The van der Waals surface area contributed by atoms with Crippen LogP contribution in [0.15, 0.2) is 47.5 Å². The fraction of sp³-hybridized carbons (Fsp3) is 0.464. The van der Waals surface area contributed by atoms with Gasteiger partial charge in [0, 0.05) is 38.2 Å². The van der Waals surface area contributed by atoms with Gasteiger partial charge in [0.05, 0.1) is 10.1 Å². The molecule has 0 spiro atoms. The van der Waals surface area contributed by atoms with Crippen LogP contribution in [0.2, 0.25) is 0 Å². The average molecular weight is 558 g/mol. The second-order valence-corrected chi connectivity index (χ2v) is 12.4. The minimum atomic E-state index is -3.34. The van der Waals surface area contributed by atoms with Gasteiger partial charge in [0.25, 0.3) is 0 Å². The maximum Gasteiger partial charge on any atom is 0.322 e. The molecule has 10 nitrogen and oxygen atoms in total. The minimum Gasteiger partial charge on any atom is -0.480 e. The van der Waals surface area contributed by atoms with Gasteiger partial charge < -0.3 is 14.9 Å². The number of carboxylic acid groups (broad SMARTS) is 2. The molecular weight excluding hydrogens is 526 g/mol. The van der Waals surface area contributed by atoms with E-state index in [9.17, 15) is 27.6 Å². The lowest BCUT2D eigenvalue weighted by Gasteiger charge is -2.26. The van der Waals surface area contributed by atoms with E-state index in [2.05, 4.69) is 4.98 Å². The maximum absolute atomic E-state index is 13.4. The third-order valence-electron chi connectivity index (χ3n) is 7.37. The number of pyridine rings is 1. The molecule has 1 aliphatic carbocycles. The molecule has 11 heteroatoms. The van der Waals surface area contributed by atoms with E-state index < -0.39 is 39.4 Å². The monoisotopic (exact) mass is 557 g/mol. The number of aromatic nitrogens is 1. The van der Waals surface area contributed by atoms with Crippen molar-refractivity contribution in [1.29, 1.82) is 0 Å². The van der Waals surface area contributed by atoms with Crippen LogP contribution >= 0.6 is 0 Å². The van der Waals surface area contributed by atoms with Gasteiger partial charge in [0.2, 0.25) is 0 Å². The third-order valence-corrected chi connectivity index (χ3v) is 9.65. The highest BCUT2D eigenvalue weighted by Crippen LogP contribution is 2.35. The van der Waals surface area contributed by atoms with Crippen LogP contribution in [0.1, 0.15) is 78.4 Å². The van der Waals surface area contributed by atoms with Gasteiger partial charge in [-0.3, -0.25) is 24.2 Å². The molecule has 2 aliphatic rings. The van der Waals surface area contributed by atoms with Crippen molar-refractivity contribution in [3.8, 4) is 0 Å². The molecule has 208 valence electrons. The predicted octanol–water partition coefficient (Wildman–Crippen LogP) is 3.40. The van der Waals surface area contributed by atoms with E-state index in [-0.39, 0.29) is 45.9 Å². The number of carboxylic acids is 2. The number of ether oxygens (including phenoxy) is 1. The van der Waals surface area contributed by atoms with Crippen molar-refractivity contribution in [2.75, 3.05) is 13.2 Å². The smallest absolute Gasteiger partial charge is 0.322 e. The molecule has 1 aliphatic heterocycles. The van der Waals surface area contributed by atoms with Crippen LogP contribution in [0.4, 0.5) is 0 Å². The van der Waals surface area contributed by atoms with Crippen LogP contribution < -0.4 is 0 Å². The molecule has 1 aromatic carbocycles. The first-order valence-corrected chi connectivity index (χ1v) is 14.5. The molecule has 1 unspecified atom stereocenters. The molecule has 2 heterocycles. The van der Waals surface area contributed by atoms with Gasteiger partial charge >= 0.3 is 11.9 Å². The van der Waals surface area contributed by atoms with Crippen molar-refractivity contribution in [3.63, 3.8) is 0 Å². The number of hydrogen-bond acceptors (Lipinski definition) is 8. The Kier molecular flexibility index (Phi) is 8.91. The van der Waals surface area contributed by atoms with Gasteiger partial charge in [-0.15, -0.1) is 0 Å². The summed E-state index contributed by atoms with van der Waals surface area (Å²) in [6, 6.07) is 9.01. The first-order chi connectivity index (χ1) is 18.6. The molecular formula is C28H31NO9S. The van der Waals surface area contributed by atoms with Crippen molar-refractivity contribution < 1.29 is 42.5 Å². The molecule has 0 bridgehead atoms. The quantitative estimate of drug-likeness (QED) is 0.275. The molecule has 1 saturated heterocycles. The summed E-state index contributed by atoms with van der Waals surface area (Å²) in [5.74, 6) is -5.66. The summed E-state index contributed by atoms with van der Waals surface area (Å²) in [4.78, 5) is 52.7. The number of hydrogen-bond donors (Lipinski definition) is 2. The van der Waals surface area contributed by atoms with Gasteiger partial charge in [-0.05, 0) is 67.3 Å². The van der Waals surface area contributed by atoms with Crippen molar-refractivity contribution in [1.82, 2.24) is 4.98 Å². The average Bonchev–Trinajstić information content (AvgIpc) is 3.77. The Balaban J connectivity index is 1.45. The highest BCUT2D eigenvalue weighted by atomic mass is 32.2. The zero-order valence-electron chi connectivity index (χ0n) is 21.3. The standard InChI is InChI=1S/C28H31NO9S/c30-24(9-10-25(31)23-8-3-19(16-29-23)26(27(32)33)28(34)35)22(15-17-11-13-38-14-12-17)18-1-4-20(5-2-18)39(36,37)21-6-7-21/h1-5,8,16-17,21-22,26H,6-7,9-15H2,(H,32,33)(H,34,35). The predicted molar refractivity (Wildman–Crippen MR) is 138 cm³/mol. The largest absolute Gasteiger partial charge is 0.480 e. The maximum atomic E-state index is 13.4. The third kappa shape index (κ3) is 6.96. The second kappa shape index (κ2) is 12.2. The Morgan fingerprint density at radius 1 is 0.872 bits per heavy atom. The molecule has 1 aromatic heterocycles. The Labute approximate surface area is 226 Å². The second-order valence-electron chi connectivity index (χ2n) is 10.1. The molecule has 39 heavy (non-hydrogen) atoms. The first kappa shape index (κ1) is 28.6. The highest BCUT2D eigenvalue weighted by Gasteiger charge is 2.37. The Morgan fingerprint density at radius 2 is 1.49 bits per heavy atom. The van der Waals surface area contributed by atoms with Crippen LogP contribution in [-0.2, 0) is 29.0 Å². The van der Waals surface area contributed by atoms with E-state index in [1.54, 1.807) is 24.3 Å². The van der Waals surface area contributed by atoms with Crippen molar-refractivity contribution in [2.45, 2.75) is 66.9 Å². The van der Waals surface area contributed by atoms with Crippen LogP contribution in [0.25, 0.3) is 0 Å². The number of benzene rings is 1. The van der Waals surface area contributed by atoms with Crippen LogP contribution in [0.5, 0.6) is 0 Å². The lowest BCUT2D eigenvalue weighted by molar-refractivity contribution is -0.150. The normalized spacial score (nSPS) is 17.1. The van der Waals surface area contributed by atoms with E-state index in [1.165, 1.54) is 12.1 Å². The van der Waals surface area contributed by atoms with E-state index >= 15 is 0 Å². The van der Waals surface area contributed by atoms with Gasteiger partial charge in [0.1, 0.15) is 11.5 Å². The number of carbonyl (C=O) groups excluding carboxylic acids is 2. The van der Waals surface area contributed by atoms with Gasteiger partial charge in [0.15, 0.2) is 21.5 Å². The van der Waals surface area contributed by atoms with Crippen molar-refractivity contribution in [3.05, 3.63) is 59.4 Å². The molecule has 1 saturated carbocycles. The van der Waals surface area contributed by atoms with Gasteiger partial charge in [-0.2, -0.15) is 0 Å². The zero-order valence-corrected chi connectivity index (χ0v) is 22.1. The molecule has 0 amide bonds. The summed E-state index contributed by atoms with van der Waals surface area (Å²) in [6.45, 7) is 1.24. The highest BCUT2D eigenvalue weighted by molar-refractivity contribution is 7.92. The topological polar surface area (TPSA) is 165 Å². The van der Waals surface area contributed by atoms with Crippen molar-refractivity contribution >= 4 is 33.3 Å². The molecule has 2 fully saturated rings. The number of ketones is 2. The zero-order chi connectivity index (χ0) is 28.2. The fourth-order valence-electron chi connectivity index (χ4n) is 4.90. The number of Topliss-reactive ketones (excluding diaryl/α,β-unsaturated/α-hetero) is 2. The SMILES string of the molecule is O=C(CCC(=O)C(CC1CCOCC1)c1ccc(S(=O)(=O)C2CC2)cc1)c1ccc(C(C(=O)O)C(=O)O)cn1. The number of sulfone groups is 1. The van der Waals surface area contributed by atoms with Crippen LogP contribution in [0.3, 0.4) is 0 Å².